The molecule has 0 atom stereocenters. The first-order chi connectivity index (χ1) is 11.3. The molecule has 2 heteroatoms. The van der Waals surface area contributed by atoms with Crippen molar-refractivity contribution in [2.45, 2.75) is 38.5 Å². The van der Waals surface area contributed by atoms with Gasteiger partial charge in [0.1, 0.15) is 0 Å². The average molecular weight is 307 g/mol. The maximum Gasteiger partial charge on any atom is 0.253 e. The van der Waals surface area contributed by atoms with Crippen molar-refractivity contribution in [3.63, 3.8) is 0 Å². The highest BCUT2D eigenvalue weighted by molar-refractivity contribution is 5.94. The van der Waals surface area contributed by atoms with Crippen LogP contribution in [0.25, 0.3) is 0 Å². The van der Waals surface area contributed by atoms with Crippen LogP contribution in [0.3, 0.4) is 0 Å². The zero-order valence-corrected chi connectivity index (χ0v) is 13.9. The molecule has 0 radical (unpaired) electrons. The van der Waals surface area contributed by atoms with Crippen LogP contribution in [0.5, 0.6) is 0 Å². The molecule has 0 aliphatic carbocycles. The van der Waals surface area contributed by atoms with E-state index in [1.165, 1.54) is 11.1 Å². The zero-order valence-electron chi connectivity index (χ0n) is 13.9. The van der Waals surface area contributed by atoms with Crippen LogP contribution in [0.2, 0.25) is 0 Å². The van der Waals surface area contributed by atoms with E-state index in [0.29, 0.717) is 5.92 Å². The quantitative estimate of drug-likeness (QED) is 0.804. The summed E-state index contributed by atoms with van der Waals surface area (Å²) in [5.41, 5.74) is 3.51. The number of hydrogen-bond donors (Lipinski definition) is 0. The number of aryl methyl sites for hydroxylation is 1. The Morgan fingerprint density at radius 3 is 2.48 bits per heavy atom. The summed E-state index contributed by atoms with van der Waals surface area (Å²) in [5.74, 6) is 0.779. The van der Waals surface area contributed by atoms with Gasteiger partial charge in [0, 0.05) is 18.7 Å². The smallest absolute Gasteiger partial charge is 0.253 e. The molecule has 120 valence electrons. The van der Waals surface area contributed by atoms with E-state index in [-0.39, 0.29) is 5.91 Å². The van der Waals surface area contributed by atoms with E-state index in [1.54, 1.807) is 0 Å². The van der Waals surface area contributed by atoms with Gasteiger partial charge < -0.3 is 4.90 Å². The largest absolute Gasteiger partial charge is 0.339 e. The first-order valence-corrected chi connectivity index (χ1v) is 8.71. The lowest BCUT2D eigenvalue weighted by atomic mass is 9.89. The second kappa shape index (κ2) is 7.45. The van der Waals surface area contributed by atoms with Gasteiger partial charge in [-0.25, -0.2) is 0 Å². The maximum absolute atomic E-state index is 12.7. The Labute approximate surface area is 139 Å². The predicted octanol–water partition coefficient (Wildman–Crippen LogP) is 4.66. The Hall–Kier alpha value is -2.09. The van der Waals surface area contributed by atoms with E-state index in [9.17, 15) is 4.79 Å². The van der Waals surface area contributed by atoms with E-state index in [4.69, 9.17) is 0 Å². The van der Waals surface area contributed by atoms with E-state index >= 15 is 0 Å². The fourth-order valence-electron chi connectivity index (χ4n) is 3.47. The molecule has 2 nitrogen and oxygen atoms in total. The van der Waals surface area contributed by atoms with Crippen LogP contribution in [-0.4, -0.2) is 23.9 Å². The van der Waals surface area contributed by atoms with E-state index in [2.05, 4.69) is 49.4 Å². The van der Waals surface area contributed by atoms with Gasteiger partial charge in [0.15, 0.2) is 0 Å². The van der Waals surface area contributed by atoms with Crippen LogP contribution in [0.15, 0.2) is 54.6 Å². The number of rotatable bonds is 4. The molecule has 0 spiro atoms. The molecule has 1 saturated heterocycles. The number of amides is 1. The second-order valence-electron chi connectivity index (χ2n) is 6.43. The van der Waals surface area contributed by atoms with Crippen molar-refractivity contribution in [1.29, 1.82) is 0 Å². The van der Waals surface area contributed by atoms with Crippen molar-refractivity contribution in [2.24, 2.45) is 0 Å². The topological polar surface area (TPSA) is 20.3 Å². The molecule has 0 bridgehead atoms. The Morgan fingerprint density at radius 1 is 1.04 bits per heavy atom. The highest BCUT2D eigenvalue weighted by Crippen LogP contribution is 2.28. The summed E-state index contributed by atoms with van der Waals surface area (Å²) in [5, 5.41) is 0. The normalized spacial score (nSPS) is 15.6. The van der Waals surface area contributed by atoms with E-state index in [1.807, 2.05) is 17.0 Å². The Morgan fingerprint density at radius 2 is 1.78 bits per heavy atom. The zero-order chi connectivity index (χ0) is 16.1. The third-order valence-electron chi connectivity index (χ3n) is 4.77. The molecule has 1 aliphatic heterocycles. The monoisotopic (exact) mass is 307 g/mol. The lowest BCUT2D eigenvalue weighted by molar-refractivity contribution is 0.0713. The number of likely N-dealkylation sites (tertiary alicyclic amines) is 1. The molecule has 1 amide bonds. The van der Waals surface area contributed by atoms with Crippen LogP contribution in [-0.2, 0) is 6.42 Å². The van der Waals surface area contributed by atoms with Gasteiger partial charge >= 0.3 is 0 Å². The Bertz CT molecular complexity index is 642. The molecule has 2 aromatic carbocycles. The molecular formula is C21H25NO. The molecular weight excluding hydrogens is 282 g/mol. The van der Waals surface area contributed by atoms with E-state index < -0.39 is 0 Å². The molecule has 1 aliphatic rings. The summed E-state index contributed by atoms with van der Waals surface area (Å²) in [6.45, 7) is 3.88. The van der Waals surface area contributed by atoms with Crippen LogP contribution in [0.1, 0.15) is 53.6 Å². The summed E-state index contributed by atoms with van der Waals surface area (Å²) in [7, 11) is 0. The Kier molecular flexibility index (Phi) is 5.12. The third kappa shape index (κ3) is 3.82. The van der Waals surface area contributed by atoms with Crippen molar-refractivity contribution < 1.29 is 4.79 Å². The van der Waals surface area contributed by atoms with Crippen LogP contribution < -0.4 is 0 Å². The van der Waals surface area contributed by atoms with Crippen molar-refractivity contribution in [1.82, 2.24) is 4.90 Å². The van der Waals surface area contributed by atoms with Gasteiger partial charge in [-0.2, -0.15) is 0 Å². The van der Waals surface area contributed by atoms with Crippen LogP contribution >= 0.6 is 0 Å². The van der Waals surface area contributed by atoms with Crippen molar-refractivity contribution >= 4 is 5.91 Å². The number of nitrogens with zero attached hydrogens (tertiary/aromatic N) is 1. The van der Waals surface area contributed by atoms with Gasteiger partial charge in [0.05, 0.1) is 0 Å². The molecule has 3 rings (SSSR count). The molecule has 0 N–H and O–H groups in total. The number of benzene rings is 2. The fourth-order valence-corrected chi connectivity index (χ4v) is 3.47. The number of carbonyl (C=O) groups excluding carboxylic acids is 1. The summed E-state index contributed by atoms with van der Waals surface area (Å²) in [6, 6.07) is 18.8. The van der Waals surface area contributed by atoms with Crippen LogP contribution in [0, 0.1) is 0 Å². The molecule has 2 aromatic rings. The summed E-state index contributed by atoms with van der Waals surface area (Å²) in [6.07, 6.45) is 4.27. The molecule has 0 aromatic heterocycles. The maximum atomic E-state index is 12.7. The molecule has 0 unspecified atom stereocenters. The SMILES string of the molecule is CCCc1cccc(C(=O)N2CCC(c3ccccc3)CC2)c1. The fraction of sp³-hybridized carbons (Fsp3) is 0.381. The first kappa shape index (κ1) is 15.8. The summed E-state index contributed by atoms with van der Waals surface area (Å²) >= 11 is 0. The number of hydrogen-bond acceptors (Lipinski definition) is 1. The minimum atomic E-state index is 0.189. The summed E-state index contributed by atoms with van der Waals surface area (Å²) in [4.78, 5) is 14.7. The van der Waals surface area contributed by atoms with Crippen LogP contribution in [0.4, 0.5) is 0 Å². The van der Waals surface area contributed by atoms with Gasteiger partial charge in [0.25, 0.3) is 5.91 Å². The summed E-state index contributed by atoms with van der Waals surface area (Å²) < 4.78 is 0. The molecule has 23 heavy (non-hydrogen) atoms. The van der Waals surface area contributed by atoms with Crippen molar-refractivity contribution in [3.8, 4) is 0 Å². The lowest BCUT2D eigenvalue weighted by Gasteiger charge is -2.32. The minimum absolute atomic E-state index is 0.189. The average Bonchev–Trinajstić information content (AvgIpc) is 2.62. The molecule has 1 heterocycles. The number of carbonyl (C=O) groups is 1. The van der Waals surface area contributed by atoms with Gasteiger partial charge in [-0.15, -0.1) is 0 Å². The third-order valence-corrected chi connectivity index (χ3v) is 4.77. The number of piperidine rings is 1. The minimum Gasteiger partial charge on any atom is -0.339 e. The van der Waals surface area contributed by atoms with Crippen molar-refractivity contribution in [2.75, 3.05) is 13.1 Å². The van der Waals surface area contributed by atoms with E-state index in [0.717, 1.165) is 44.3 Å². The molecule has 0 saturated carbocycles. The van der Waals surface area contributed by atoms with Gasteiger partial charge in [-0.05, 0) is 48.4 Å². The van der Waals surface area contributed by atoms with Gasteiger partial charge in [0.2, 0.25) is 0 Å². The standard InChI is InChI=1S/C21H25NO/c1-2-7-17-8-6-11-20(16-17)21(23)22-14-12-19(13-15-22)18-9-4-3-5-10-18/h3-6,8-11,16,19H,2,7,12-15H2,1H3. The lowest BCUT2D eigenvalue weighted by Crippen LogP contribution is -2.37. The highest BCUT2D eigenvalue weighted by Gasteiger charge is 2.24. The molecule has 1 fully saturated rings. The first-order valence-electron chi connectivity index (χ1n) is 8.71. The predicted molar refractivity (Wildman–Crippen MR) is 94.8 cm³/mol. The second-order valence-corrected chi connectivity index (χ2v) is 6.43. The van der Waals surface area contributed by atoms with Gasteiger partial charge in [-0.3, -0.25) is 4.79 Å². The van der Waals surface area contributed by atoms with Gasteiger partial charge in [-0.1, -0.05) is 55.8 Å². The Balaban J connectivity index is 1.63. The highest BCUT2D eigenvalue weighted by atomic mass is 16.2. The van der Waals surface area contributed by atoms with Crippen molar-refractivity contribution in [3.05, 3.63) is 71.3 Å².